The Morgan fingerprint density at radius 3 is 2.20 bits per heavy atom. The van der Waals surface area contributed by atoms with E-state index in [4.69, 9.17) is 4.98 Å². The van der Waals surface area contributed by atoms with Gasteiger partial charge in [-0.15, -0.1) is 0 Å². The molecular formula is C21H24N4. The number of nitrogens with zero attached hydrogens (tertiary/aromatic N) is 3. The minimum Gasteiger partial charge on any atom is -0.355 e. The SMILES string of the molecule is CC(C)Nc1nc(-c2ccccc2)cc(N(C)Cc2ccccc2)n1. The van der Waals surface area contributed by atoms with Crippen molar-refractivity contribution in [2.45, 2.75) is 26.4 Å². The molecule has 0 aliphatic carbocycles. The summed E-state index contributed by atoms with van der Waals surface area (Å²) in [5.74, 6) is 1.56. The summed E-state index contributed by atoms with van der Waals surface area (Å²) in [6, 6.07) is 22.9. The van der Waals surface area contributed by atoms with Crippen LogP contribution in [0.4, 0.5) is 11.8 Å². The normalized spacial score (nSPS) is 10.7. The lowest BCUT2D eigenvalue weighted by atomic mass is 10.1. The zero-order valence-electron chi connectivity index (χ0n) is 15.0. The van der Waals surface area contributed by atoms with Crippen LogP contribution in [-0.4, -0.2) is 23.1 Å². The van der Waals surface area contributed by atoms with Gasteiger partial charge in [0.2, 0.25) is 5.95 Å². The van der Waals surface area contributed by atoms with Crippen LogP contribution < -0.4 is 10.2 Å². The second-order valence-electron chi connectivity index (χ2n) is 6.44. The minimum atomic E-state index is 0.276. The molecule has 4 heteroatoms. The van der Waals surface area contributed by atoms with Gasteiger partial charge in [-0.05, 0) is 19.4 Å². The van der Waals surface area contributed by atoms with Crippen LogP contribution in [0.2, 0.25) is 0 Å². The Morgan fingerprint density at radius 1 is 0.920 bits per heavy atom. The number of hydrogen-bond donors (Lipinski definition) is 1. The van der Waals surface area contributed by atoms with Gasteiger partial charge >= 0.3 is 0 Å². The maximum atomic E-state index is 4.70. The third kappa shape index (κ3) is 4.57. The van der Waals surface area contributed by atoms with Crippen molar-refractivity contribution in [2.24, 2.45) is 0 Å². The zero-order valence-corrected chi connectivity index (χ0v) is 15.0. The van der Waals surface area contributed by atoms with Crippen LogP contribution in [0.1, 0.15) is 19.4 Å². The Labute approximate surface area is 149 Å². The van der Waals surface area contributed by atoms with Crippen LogP contribution in [0, 0.1) is 0 Å². The first-order valence-electron chi connectivity index (χ1n) is 8.58. The fourth-order valence-corrected chi connectivity index (χ4v) is 2.65. The van der Waals surface area contributed by atoms with Crippen LogP contribution >= 0.6 is 0 Å². The molecule has 0 saturated carbocycles. The van der Waals surface area contributed by atoms with E-state index in [1.165, 1.54) is 5.56 Å². The highest BCUT2D eigenvalue weighted by molar-refractivity contribution is 5.64. The van der Waals surface area contributed by atoms with E-state index >= 15 is 0 Å². The van der Waals surface area contributed by atoms with Gasteiger partial charge in [0.1, 0.15) is 5.82 Å². The van der Waals surface area contributed by atoms with Crippen LogP contribution in [-0.2, 0) is 6.54 Å². The summed E-state index contributed by atoms with van der Waals surface area (Å²) >= 11 is 0. The van der Waals surface area contributed by atoms with Crippen molar-refractivity contribution in [3.05, 3.63) is 72.3 Å². The lowest BCUT2D eigenvalue weighted by molar-refractivity contribution is 0.857. The molecule has 0 saturated heterocycles. The topological polar surface area (TPSA) is 41.1 Å². The summed E-state index contributed by atoms with van der Waals surface area (Å²) in [5.41, 5.74) is 3.27. The number of benzene rings is 2. The Bertz CT molecular complexity index is 801. The fraction of sp³-hybridized carbons (Fsp3) is 0.238. The van der Waals surface area contributed by atoms with Crippen molar-refractivity contribution >= 4 is 11.8 Å². The summed E-state index contributed by atoms with van der Waals surface area (Å²) in [4.78, 5) is 11.5. The maximum Gasteiger partial charge on any atom is 0.225 e. The van der Waals surface area contributed by atoms with Gasteiger partial charge in [0.05, 0.1) is 5.69 Å². The highest BCUT2D eigenvalue weighted by Gasteiger charge is 2.11. The second-order valence-corrected chi connectivity index (χ2v) is 6.44. The van der Waals surface area contributed by atoms with E-state index in [-0.39, 0.29) is 6.04 Å². The Kier molecular flexibility index (Phi) is 5.29. The Hall–Kier alpha value is -2.88. The van der Waals surface area contributed by atoms with E-state index < -0.39 is 0 Å². The molecule has 128 valence electrons. The highest BCUT2D eigenvalue weighted by atomic mass is 15.2. The quantitative estimate of drug-likeness (QED) is 0.716. The molecule has 3 aromatic rings. The van der Waals surface area contributed by atoms with Gasteiger partial charge in [0.25, 0.3) is 0 Å². The predicted molar refractivity (Wildman–Crippen MR) is 105 cm³/mol. The molecule has 1 N–H and O–H groups in total. The molecule has 0 aliphatic rings. The molecule has 0 spiro atoms. The summed E-state index contributed by atoms with van der Waals surface area (Å²) in [5, 5.41) is 3.33. The van der Waals surface area contributed by atoms with Gasteiger partial charge in [0, 0.05) is 31.3 Å². The number of aromatic nitrogens is 2. The number of anilines is 2. The second kappa shape index (κ2) is 7.79. The molecule has 0 aliphatic heterocycles. The number of nitrogens with one attached hydrogen (secondary N) is 1. The molecular weight excluding hydrogens is 308 g/mol. The molecule has 0 amide bonds. The largest absolute Gasteiger partial charge is 0.355 e. The van der Waals surface area contributed by atoms with Gasteiger partial charge in [-0.3, -0.25) is 0 Å². The smallest absolute Gasteiger partial charge is 0.225 e. The fourth-order valence-electron chi connectivity index (χ4n) is 2.65. The molecule has 0 atom stereocenters. The van der Waals surface area contributed by atoms with Crippen LogP contribution in [0.25, 0.3) is 11.3 Å². The van der Waals surface area contributed by atoms with Crippen molar-refractivity contribution < 1.29 is 0 Å². The summed E-state index contributed by atoms with van der Waals surface area (Å²) < 4.78 is 0. The average molecular weight is 332 g/mol. The molecule has 1 heterocycles. The van der Waals surface area contributed by atoms with E-state index in [1.807, 2.05) is 30.3 Å². The van der Waals surface area contributed by atoms with Crippen LogP contribution in [0.3, 0.4) is 0 Å². The first kappa shape index (κ1) is 17.0. The van der Waals surface area contributed by atoms with Crippen molar-refractivity contribution in [1.29, 1.82) is 0 Å². The molecule has 2 aromatic carbocycles. The van der Waals surface area contributed by atoms with E-state index in [1.54, 1.807) is 0 Å². The molecule has 0 fully saturated rings. The predicted octanol–water partition coefficient (Wildman–Crippen LogP) is 4.60. The van der Waals surface area contributed by atoms with Crippen LogP contribution in [0.15, 0.2) is 66.7 Å². The van der Waals surface area contributed by atoms with E-state index in [2.05, 4.69) is 72.5 Å². The molecule has 0 unspecified atom stereocenters. The lowest BCUT2D eigenvalue weighted by Gasteiger charge is -2.20. The Morgan fingerprint density at radius 2 is 1.56 bits per heavy atom. The van der Waals surface area contributed by atoms with Gasteiger partial charge < -0.3 is 10.2 Å². The third-order valence-electron chi connectivity index (χ3n) is 3.85. The van der Waals surface area contributed by atoms with Crippen molar-refractivity contribution in [3.63, 3.8) is 0 Å². The van der Waals surface area contributed by atoms with Crippen molar-refractivity contribution in [1.82, 2.24) is 9.97 Å². The third-order valence-corrected chi connectivity index (χ3v) is 3.85. The number of rotatable bonds is 6. The highest BCUT2D eigenvalue weighted by Crippen LogP contribution is 2.24. The standard InChI is InChI=1S/C21H24N4/c1-16(2)22-21-23-19(18-12-8-5-9-13-18)14-20(24-21)25(3)15-17-10-6-4-7-11-17/h4-14,16H,15H2,1-3H3,(H,22,23,24). The van der Waals surface area contributed by atoms with Gasteiger partial charge in [-0.25, -0.2) is 4.98 Å². The zero-order chi connectivity index (χ0) is 17.6. The minimum absolute atomic E-state index is 0.276. The monoisotopic (exact) mass is 332 g/mol. The maximum absolute atomic E-state index is 4.70. The van der Waals surface area contributed by atoms with Crippen molar-refractivity contribution in [3.8, 4) is 11.3 Å². The van der Waals surface area contributed by atoms with E-state index in [9.17, 15) is 0 Å². The first-order chi connectivity index (χ1) is 12.1. The molecule has 0 bridgehead atoms. The van der Waals surface area contributed by atoms with Gasteiger partial charge in [-0.2, -0.15) is 4.98 Å². The van der Waals surface area contributed by atoms with E-state index in [0.29, 0.717) is 5.95 Å². The van der Waals surface area contributed by atoms with Crippen molar-refractivity contribution in [2.75, 3.05) is 17.3 Å². The van der Waals surface area contributed by atoms with Gasteiger partial charge in [0.15, 0.2) is 0 Å². The summed E-state index contributed by atoms with van der Waals surface area (Å²) in [7, 11) is 2.06. The summed E-state index contributed by atoms with van der Waals surface area (Å²) in [6.07, 6.45) is 0. The van der Waals surface area contributed by atoms with E-state index in [0.717, 1.165) is 23.6 Å². The molecule has 1 aromatic heterocycles. The Balaban J connectivity index is 1.94. The molecule has 0 radical (unpaired) electrons. The number of hydrogen-bond acceptors (Lipinski definition) is 4. The molecule has 25 heavy (non-hydrogen) atoms. The first-order valence-corrected chi connectivity index (χ1v) is 8.58. The lowest BCUT2D eigenvalue weighted by Crippen LogP contribution is -2.20. The average Bonchev–Trinajstić information content (AvgIpc) is 2.62. The summed E-state index contributed by atoms with van der Waals surface area (Å²) in [6.45, 7) is 4.98. The molecule has 4 nitrogen and oxygen atoms in total. The van der Waals surface area contributed by atoms with Crippen LogP contribution in [0.5, 0.6) is 0 Å². The van der Waals surface area contributed by atoms with Gasteiger partial charge in [-0.1, -0.05) is 60.7 Å². The molecule has 3 rings (SSSR count).